The van der Waals surface area contributed by atoms with Crippen molar-refractivity contribution in [2.24, 2.45) is 5.92 Å². The van der Waals surface area contributed by atoms with Crippen molar-refractivity contribution in [3.8, 4) is 0 Å². The third kappa shape index (κ3) is 19.7. The predicted octanol–water partition coefficient (Wildman–Crippen LogP) is 13.0. The maximum absolute atomic E-state index is 2.56. The zero-order valence-electron chi connectivity index (χ0n) is 39.0. The number of rotatable bonds is 21. The van der Waals surface area contributed by atoms with E-state index in [1.165, 1.54) is 70.0 Å². The first-order valence-corrected chi connectivity index (χ1v) is 22.3. The van der Waals surface area contributed by atoms with E-state index in [9.17, 15) is 0 Å². The minimum Gasteiger partial charge on any atom is -0.301 e. The molecule has 0 spiro atoms. The van der Waals surface area contributed by atoms with Gasteiger partial charge in [0.2, 0.25) is 0 Å². The molecule has 0 aliphatic heterocycles. The average molecular weight is 717 g/mol. The SMILES string of the molecule is CCC(C)(CC)N(C)C(C)C(C)C.CCC(C)(CC)N(C)C(C)CCSC.CCC(C)N(C)C(C)(CC)CC.CCN(C)C(C)(CC)CC. The normalized spacial score (nSPS) is 14.6. The standard InChI is InChI=1S/C12H27NS.C12H27N.C11H25N.C9H21N/c1-7-12(4,8-2)13(5)11(3)9-10-14-6;1-8-12(6,9-2)13(7)11(5)10(3)4;1-7-10(4)12(6)11(5,8-2)9-3;1-6-9(4,7-2)10(5)8-3/h11H,7-10H2,1-6H3;10-11H,8-9H2,1-7H3;10H,7-9H2,1-6H3;6-8H2,1-5H3. The summed E-state index contributed by atoms with van der Waals surface area (Å²) in [7, 11) is 8.99. The summed E-state index contributed by atoms with van der Waals surface area (Å²) in [6, 6.07) is 2.08. The zero-order chi connectivity index (χ0) is 39.8. The van der Waals surface area contributed by atoms with Crippen LogP contribution >= 0.6 is 11.8 Å². The van der Waals surface area contributed by atoms with Crippen molar-refractivity contribution in [1.82, 2.24) is 19.6 Å². The summed E-state index contributed by atoms with van der Waals surface area (Å²) >= 11 is 1.95. The Balaban J connectivity index is -0.000000277. The van der Waals surface area contributed by atoms with Crippen LogP contribution in [0, 0.1) is 5.92 Å². The van der Waals surface area contributed by atoms with E-state index in [-0.39, 0.29) is 0 Å². The lowest BCUT2D eigenvalue weighted by Crippen LogP contribution is -2.49. The molecule has 0 saturated carbocycles. The van der Waals surface area contributed by atoms with Gasteiger partial charge in [-0.05, 0) is 165 Å². The molecule has 5 heteroatoms. The number of nitrogens with zero attached hydrogens (tertiary/aromatic N) is 4. The fourth-order valence-corrected chi connectivity index (χ4v) is 6.75. The molecule has 0 saturated heterocycles. The minimum atomic E-state index is 0.379. The number of hydrogen-bond acceptors (Lipinski definition) is 5. The van der Waals surface area contributed by atoms with Crippen LogP contribution in [0.1, 0.15) is 196 Å². The van der Waals surface area contributed by atoms with Crippen molar-refractivity contribution in [3.63, 3.8) is 0 Å². The maximum atomic E-state index is 2.56. The van der Waals surface area contributed by atoms with Crippen LogP contribution in [0.2, 0.25) is 0 Å². The van der Waals surface area contributed by atoms with Gasteiger partial charge in [0.25, 0.3) is 0 Å². The molecule has 0 aliphatic carbocycles. The van der Waals surface area contributed by atoms with E-state index in [2.05, 4.69) is 186 Å². The highest BCUT2D eigenvalue weighted by Crippen LogP contribution is 2.27. The highest BCUT2D eigenvalue weighted by molar-refractivity contribution is 7.98. The molecule has 0 heterocycles. The van der Waals surface area contributed by atoms with Gasteiger partial charge in [0.05, 0.1) is 0 Å². The zero-order valence-corrected chi connectivity index (χ0v) is 39.8. The van der Waals surface area contributed by atoms with Crippen molar-refractivity contribution in [2.75, 3.05) is 46.7 Å². The highest BCUT2D eigenvalue weighted by atomic mass is 32.2. The van der Waals surface area contributed by atoms with Crippen molar-refractivity contribution < 1.29 is 0 Å². The van der Waals surface area contributed by atoms with E-state index in [0.717, 1.165) is 12.5 Å². The van der Waals surface area contributed by atoms with Gasteiger partial charge in [-0.15, -0.1) is 0 Å². The summed E-state index contributed by atoms with van der Waals surface area (Å²) in [6.45, 7) is 44.9. The second-order valence-electron chi connectivity index (χ2n) is 16.5. The monoisotopic (exact) mass is 717 g/mol. The van der Waals surface area contributed by atoms with E-state index < -0.39 is 0 Å². The first kappa shape index (κ1) is 55.9. The van der Waals surface area contributed by atoms with Gasteiger partial charge in [0, 0.05) is 40.3 Å². The first-order valence-electron chi connectivity index (χ1n) is 20.9. The van der Waals surface area contributed by atoms with E-state index in [1.54, 1.807) is 0 Å². The molecule has 0 amide bonds. The van der Waals surface area contributed by atoms with Crippen LogP contribution < -0.4 is 0 Å². The second-order valence-corrected chi connectivity index (χ2v) is 17.5. The lowest BCUT2D eigenvalue weighted by Gasteiger charge is -2.43. The molecular weight excluding hydrogens is 617 g/mol. The van der Waals surface area contributed by atoms with Gasteiger partial charge in [0.1, 0.15) is 0 Å². The van der Waals surface area contributed by atoms with Crippen molar-refractivity contribution in [3.05, 3.63) is 0 Å². The molecule has 0 aromatic carbocycles. The van der Waals surface area contributed by atoms with Gasteiger partial charge >= 0.3 is 0 Å². The second kappa shape index (κ2) is 28.7. The molecule has 0 radical (unpaired) electrons. The molecule has 49 heavy (non-hydrogen) atoms. The molecule has 302 valence electrons. The molecule has 4 nitrogen and oxygen atoms in total. The molecule has 0 N–H and O–H groups in total. The van der Waals surface area contributed by atoms with Crippen molar-refractivity contribution in [1.29, 1.82) is 0 Å². The van der Waals surface area contributed by atoms with Gasteiger partial charge in [0.15, 0.2) is 0 Å². The van der Waals surface area contributed by atoms with Crippen LogP contribution in [0.15, 0.2) is 0 Å². The molecule has 0 aromatic rings. The Hall–Kier alpha value is 0.190. The summed E-state index contributed by atoms with van der Waals surface area (Å²) in [5, 5.41) is 0. The molecule has 3 atom stereocenters. The third-order valence-corrected chi connectivity index (χ3v) is 14.9. The fraction of sp³-hybridized carbons (Fsp3) is 1.00. The topological polar surface area (TPSA) is 13.0 Å². The highest BCUT2D eigenvalue weighted by Gasteiger charge is 2.30. The largest absolute Gasteiger partial charge is 0.301 e. The molecule has 0 aliphatic rings. The Labute approximate surface area is 319 Å². The minimum absolute atomic E-state index is 0.379. The van der Waals surface area contributed by atoms with Crippen LogP contribution in [-0.4, -0.2) is 107 Å². The average Bonchev–Trinajstić information content (AvgIpc) is 3.13. The predicted molar refractivity (Wildman–Crippen MR) is 234 cm³/mol. The maximum Gasteiger partial charge on any atom is 0.0176 e. The van der Waals surface area contributed by atoms with Crippen LogP contribution in [0.25, 0.3) is 0 Å². The van der Waals surface area contributed by atoms with Gasteiger partial charge in [-0.2, -0.15) is 11.8 Å². The lowest BCUT2D eigenvalue weighted by atomic mass is 9.90. The quantitative estimate of drug-likeness (QED) is 0.117. The molecule has 0 fully saturated rings. The van der Waals surface area contributed by atoms with Gasteiger partial charge < -0.3 is 4.90 Å². The van der Waals surface area contributed by atoms with E-state index in [0.29, 0.717) is 40.3 Å². The summed E-state index contributed by atoms with van der Waals surface area (Å²) in [5.41, 5.74) is 1.59. The summed E-state index contributed by atoms with van der Waals surface area (Å²) in [4.78, 5) is 10.0. The summed E-state index contributed by atoms with van der Waals surface area (Å²) in [6.07, 6.45) is 14.6. The van der Waals surface area contributed by atoms with Crippen molar-refractivity contribution in [2.45, 2.75) is 236 Å². The van der Waals surface area contributed by atoms with Gasteiger partial charge in [-0.25, -0.2) is 0 Å². The van der Waals surface area contributed by atoms with E-state index in [1.807, 2.05) is 11.8 Å². The van der Waals surface area contributed by atoms with Crippen LogP contribution in [0.4, 0.5) is 0 Å². The third-order valence-electron chi connectivity index (χ3n) is 14.3. The lowest BCUT2D eigenvalue weighted by molar-refractivity contribution is 0.0639. The molecular formula is C44H100N4S. The molecule has 0 rings (SSSR count). The number of hydrogen-bond donors (Lipinski definition) is 0. The Morgan fingerprint density at radius 3 is 1.00 bits per heavy atom. The Kier molecular flexibility index (Phi) is 32.7. The summed E-state index contributed by atoms with van der Waals surface area (Å²) < 4.78 is 0. The van der Waals surface area contributed by atoms with E-state index >= 15 is 0 Å². The molecule has 0 bridgehead atoms. The first-order chi connectivity index (χ1) is 22.5. The van der Waals surface area contributed by atoms with Crippen LogP contribution in [-0.2, 0) is 0 Å². The van der Waals surface area contributed by atoms with Gasteiger partial charge in [-0.1, -0.05) is 83.1 Å². The van der Waals surface area contributed by atoms with Crippen LogP contribution in [0.5, 0.6) is 0 Å². The fourth-order valence-electron chi connectivity index (χ4n) is 6.18. The summed E-state index contributed by atoms with van der Waals surface area (Å²) in [5.74, 6) is 2.01. The molecule has 3 unspecified atom stereocenters. The van der Waals surface area contributed by atoms with Gasteiger partial charge in [-0.3, -0.25) is 14.7 Å². The smallest absolute Gasteiger partial charge is 0.0176 e. The van der Waals surface area contributed by atoms with Crippen molar-refractivity contribution >= 4 is 11.8 Å². The Morgan fingerprint density at radius 2 is 0.776 bits per heavy atom. The van der Waals surface area contributed by atoms with E-state index in [4.69, 9.17) is 0 Å². The Bertz CT molecular complexity index is 724. The Morgan fingerprint density at radius 1 is 0.469 bits per heavy atom. The van der Waals surface area contributed by atoms with Crippen LogP contribution in [0.3, 0.4) is 0 Å². The molecule has 0 aromatic heterocycles. The number of thioether (sulfide) groups is 1.